The van der Waals surface area contributed by atoms with E-state index >= 15 is 0 Å². The Hall–Kier alpha value is -2.93. The van der Waals surface area contributed by atoms with Gasteiger partial charge in [-0.2, -0.15) is 0 Å². The van der Waals surface area contributed by atoms with Gasteiger partial charge in [0.25, 0.3) is 5.91 Å². The number of aryl methyl sites for hydroxylation is 1. The van der Waals surface area contributed by atoms with Crippen LogP contribution in [0.3, 0.4) is 0 Å². The molecule has 2 amide bonds. The molecule has 0 aliphatic carbocycles. The Morgan fingerprint density at radius 3 is 2.59 bits per heavy atom. The van der Waals surface area contributed by atoms with Gasteiger partial charge < -0.3 is 15.0 Å². The number of benzene rings is 1. The molecule has 0 bridgehead atoms. The number of carbonyl (C=O) groups excluding carboxylic acids is 2. The van der Waals surface area contributed by atoms with Crippen molar-refractivity contribution in [2.45, 2.75) is 20.8 Å². The Morgan fingerprint density at radius 2 is 1.86 bits per heavy atom. The first-order valence-electron chi connectivity index (χ1n) is 9.95. The largest absolute Gasteiger partial charge is 0.477 e. The smallest absolute Gasteiger partial charge is 0.259 e. The highest BCUT2D eigenvalue weighted by Crippen LogP contribution is 2.19. The van der Waals surface area contributed by atoms with Crippen molar-refractivity contribution in [3.63, 3.8) is 0 Å². The van der Waals surface area contributed by atoms with E-state index in [0.29, 0.717) is 50.8 Å². The zero-order chi connectivity index (χ0) is 20.8. The minimum atomic E-state index is -0.0824. The van der Waals surface area contributed by atoms with E-state index in [-0.39, 0.29) is 11.8 Å². The van der Waals surface area contributed by atoms with Crippen LogP contribution >= 0.6 is 0 Å². The number of pyridine rings is 1. The van der Waals surface area contributed by atoms with Crippen LogP contribution in [0.1, 0.15) is 28.4 Å². The first-order chi connectivity index (χ1) is 14.0. The highest BCUT2D eigenvalue weighted by atomic mass is 16.5. The molecule has 2 heterocycles. The zero-order valence-corrected chi connectivity index (χ0v) is 17.3. The highest BCUT2D eigenvalue weighted by molar-refractivity contribution is 5.96. The fraction of sp³-hybridized carbons (Fsp3) is 0.409. The Labute approximate surface area is 171 Å². The Kier molecular flexibility index (Phi) is 6.82. The molecule has 0 unspecified atom stereocenters. The van der Waals surface area contributed by atoms with E-state index in [9.17, 15) is 9.59 Å². The molecule has 0 saturated carbocycles. The summed E-state index contributed by atoms with van der Waals surface area (Å²) in [6.45, 7) is 9.10. The molecule has 1 saturated heterocycles. The van der Waals surface area contributed by atoms with Gasteiger partial charge in [0.1, 0.15) is 5.56 Å². The van der Waals surface area contributed by atoms with Crippen molar-refractivity contribution >= 4 is 17.5 Å². The van der Waals surface area contributed by atoms with Crippen LogP contribution in [0.5, 0.6) is 5.88 Å². The lowest BCUT2D eigenvalue weighted by atomic mass is 10.1. The van der Waals surface area contributed by atoms with E-state index in [1.165, 1.54) is 0 Å². The number of ether oxygens (including phenoxy) is 1. The van der Waals surface area contributed by atoms with Crippen molar-refractivity contribution in [2.75, 3.05) is 44.6 Å². The van der Waals surface area contributed by atoms with E-state index < -0.39 is 0 Å². The van der Waals surface area contributed by atoms with E-state index in [1.807, 2.05) is 39.0 Å². The molecular formula is C22H28N4O3. The molecule has 2 aromatic rings. The second kappa shape index (κ2) is 9.52. The lowest BCUT2D eigenvalue weighted by Crippen LogP contribution is -2.50. The molecule has 0 radical (unpaired) electrons. The summed E-state index contributed by atoms with van der Waals surface area (Å²) in [6.07, 6.45) is 1.62. The summed E-state index contributed by atoms with van der Waals surface area (Å²) in [5, 5.41) is 2.99. The van der Waals surface area contributed by atoms with Crippen LogP contribution in [-0.2, 0) is 4.79 Å². The molecule has 0 spiro atoms. The second-order valence-corrected chi connectivity index (χ2v) is 7.15. The predicted molar refractivity (Wildman–Crippen MR) is 112 cm³/mol. The third kappa shape index (κ3) is 5.12. The number of hydrogen-bond acceptors (Lipinski definition) is 5. The van der Waals surface area contributed by atoms with Crippen molar-refractivity contribution < 1.29 is 14.3 Å². The molecule has 1 aromatic carbocycles. The summed E-state index contributed by atoms with van der Waals surface area (Å²) < 4.78 is 5.48. The molecule has 154 valence electrons. The van der Waals surface area contributed by atoms with E-state index in [4.69, 9.17) is 4.74 Å². The minimum Gasteiger partial charge on any atom is -0.477 e. The van der Waals surface area contributed by atoms with Gasteiger partial charge in [-0.05, 0) is 50.1 Å². The third-order valence-corrected chi connectivity index (χ3v) is 5.19. The van der Waals surface area contributed by atoms with Crippen LogP contribution in [0.25, 0.3) is 0 Å². The van der Waals surface area contributed by atoms with Gasteiger partial charge >= 0.3 is 0 Å². The number of carbonyl (C=O) groups is 2. The summed E-state index contributed by atoms with van der Waals surface area (Å²) in [5.74, 6) is 0.251. The van der Waals surface area contributed by atoms with Crippen LogP contribution < -0.4 is 10.1 Å². The molecule has 0 atom stereocenters. The summed E-state index contributed by atoms with van der Waals surface area (Å²) in [4.78, 5) is 33.3. The fourth-order valence-corrected chi connectivity index (χ4v) is 3.36. The molecule has 1 aromatic heterocycles. The number of nitrogens with zero attached hydrogens (tertiary/aromatic N) is 3. The maximum Gasteiger partial charge on any atom is 0.259 e. The molecule has 7 nitrogen and oxygen atoms in total. The third-order valence-electron chi connectivity index (χ3n) is 5.19. The number of anilines is 1. The topological polar surface area (TPSA) is 74.8 Å². The maximum atomic E-state index is 12.8. The van der Waals surface area contributed by atoms with Crippen molar-refractivity contribution in [3.05, 3.63) is 53.2 Å². The summed E-state index contributed by atoms with van der Waals surface area (Å²) in [6, 6.07) is 9.37. The van der Waals surface area contributed by atoms with Gasteiger partial charge in [0.05, 0.1) is 13.2 Å². The van der Waals surface area contributed by atoms with Crippen LogP contribution in [-0.4, -0.2) is 65.9 Å². The Morgan fingerprint density at radius 1 is 1.10 bits per heavy atom. The van der Waals surface area contributed by atoms with Gasteiger partial charge in [-0.25, -0.2) is 4.98 Å². The van der Waals surface area contributed by atoms with Crippen molar-refractivity contribution in [1.82, 2.24) is 14.8 Å². The number of rotatable bonds is 6. The number of piperazine rings is 1. The maximum absolute atomic E-state index is 12.8. The van der Waals surface area contributed by atoms with Gasteiger partial charge in [-0.3, -0.25) is 14.5 Å². The second-order valence-electron chi connectivity index (χ2n) is 7.15. The van der Waals surface area contributed by atoms with Crippen LogP contribution in [0.15, 0.2) is 36.5 Å². The Balaban J connectivity index is 1.53. The molecule has 1 fully saturated rings. The summed E-state index contributed by atoms with van der Waals surface area (Å²) in [7, 11) is 0. The number of amides is 2. The lowest BCUT2D eigenvalue weighted by Gasteiger charge is -2.34. The number of nitrogens with one attached hydrogen (secondary N) is 1. The number of aromatic nitrogens is 1. The quantitative estimate of drug-likeness (QED) is 0.812. The van der Waals surface area contributed by atoms with Gasteiger partial charge in [0, 0.05) is 38.1 Å². The molecule has 1 aliphatic rings. The molecule has 29 heavy (non-hydrogen) atoms. The highest BCUT2D eigenvalue weighted by Gasteiger charge is 2.25. The molecular weight excluding hydrogens is 368 g/mol. The molecule has 1 aliphatic heterocycles. The van der Waals surface area contributed by atoms with Crippen molar-refractivity contribution in [1.29, 1.82) is 0 Å². The fourth-order valence-electron chi connectivity index (χ4n) is 3.36. The number of hydrogen-bond donors (Lipinski definition) is 1. The Bertz CT molecular complexity index is 876. The summed E-state index contributed by atoms with van der Waals surface area (Å²) >= 11 is 0. The zero-order valence-electron chi connectivity index (χ0n) is 17.3. The lowest BCUT2D eigenvalue weighted by molar-refractivity contribution is -0.117. The van der Waals surface area contributed by atoms with Crippen molar-refractivity contribution in [2.24, 2.45) is 0 Å². The first kappa shape index (κ1) is 20.8. The predicted octanol–water partition coefficient (Wildman–Crippen LogP) is 2.49. The monoisotopic (exact) mass is 396 g/mol. The average molecular weight is 396 g/mol. The van der Waals surface area contributed by atoms with Crippen LogP contribution in [0.2, 0.25) is 0 Å². The van der Waals surface area contributed by atoms with Gasteiger partial charge in [-0.15, -0.1) is 0 Å². The standard InChI is InChI=1S/C22H28N4O3/c1-4-29-21-18(8-6-10-23-21)22(28)26-13-11-25(12-14-26)15-20(27)24-19-9-5-7-16(2)17(19)3/h5-10H,4,11-15H2,1-3H3,(H,24,27). The van der Waals surface area contributed by atoms with Gasteiger partial charge in [0.2, 0.25) is 11.8 Å². The van der Waals surface area contributed by atoms with Crippen molar-refractivity contribution in [3.8, 4) is 5.88 Å². The molecule has 7 heteroatoms. The SMILES string of the molecule is CCOc1ncccc1C(=O)N1CCN(CC(=O)Nc2cccc(C)c2C)CC1. The average Bonchev–Trinajstić information content (AvgIpc) is 2.72. The van der Waals surface area contributed by atoms with E-state index in [1.54, 1.807) is 23.2 Å². The van der Waals surface area contributed by atoms with E-state index in [2.05, 4.69) is 15.2 Å². The molecule has 1 N–H and O–H groups in total. The van der Waals surface area contributed by atoms with Crippen LogP contribution in [0.4, 0.5) is 5.69 Å². The molecule has 3 rings (SSSR count). The summed E-state index contributed by atoms with van der Waals surface area (Å²) in [5.41, 5.74) is 3.56. The van der Waals surface area contributed by atoms with Crippen LogP contribution in [0, 0.1) is 13.8 Å². The minimum absolute atomic E-state index is 0.0376. The van der Waals surface area contributed by atoms with Gasteiger partial charge in [0.15, 0.2) is 0 Å². The van der Waals surface area contributed by atoms with Gasteiger partial charge in [-0.1, -0.05) is 12.1 Å². The normalized spacial score (nSPS) is 14.5. The first-order valence-corrected chi connectivity index (χ1v) is 9.95. The van der Waals surface area contributed by atoms with E-state index in [0.717, 1.165) is 16.8 Å².